The van der Waals surface area contributed by atoms with Crippen LogP contribution in [0.4, 0.5) is 0 Å². The first-order valence-corrected chi connectivity index (χ1v) is 6.12. The fourth-order valence-corrected chi connectivity index (χ4v) is 3.01. The average Bonchev–Trinajstić information content (AvgIpc) is 2.75. The first kappa shape index (κ1) is 9.88. The van der Waals surface area contributed by atoms with Crippen molar-refractivity contribution in [2.75, 3.05) is 0 Å². The zero-order valence-electron chi connectivity index (χ0n) is 9.32. The number of carbonyl (C=O) groups excluding carboxylic acids is 1. The number of hydrogen-bond donors (Lipinski definition) is 0. The van der Waals surface area contributed by atoms with E-state index in [1.807, 2.05) is 0 Å². The van der Waals surface area contributed by atoms with Crippen molar-refractivity contribution in [1.82, 2.24) is 0 Å². The highest BCUT2D eigenvalue weighted by Crippen LogP contribution is 2.38. The van der Waals surface area contributed by atoms with Crippen molar-refractivity contribution in [3.63, 3.8) is 0 Å². The Kier molecular flexibility index (Phi) is 2.43. The molecule has 0 saturated carbocycles. The summed E-state index contributed by atoms with van der Waals surface area (Å²) < 4.78 is 5.42. The van der Waals surface area contributed by atoms with Crippen LogP contribution in [0.3, 0.4) is 0 Å². The van der Waals surface area contributed by atoms with Gasteiger partial charge in [-0.1, -0.05) is 24.3 Å². The van der Waals surface area contributed by atoms with Crippen LogP contribution in [0.2, 0.25) is 0 Å². The monoisotopic (exact) mass is 216 g/mol. The molecule has 16 heavy (non-hydrogen) atoms. The van der Waals surface area contributed by atoms with E-state index >= 15 is 0 Å². The Morgan fingerprint density at radius 2 is 2.00 bits per heavy atom. The highest BCUT2D eigenvalue weighted by atomic mass is 16.5. The van der Waals surface area contributed by atoms with Crippen LogP contribution in [-0.2, 0) is 16.0 Å². The molecule has 84 valence electrons. The Bertz CT molecular complexity index is 411. The third-order valence-corrected chi connectivity index (χ3v) is 3.78. The van der Waals surface area contributed by atoms with Gasteiger partial charge >= 0.3 is 5.97 Å². The molecule has 0 radical (unpaired) electrons. The molecular formula is C14H16O2. The number of rotatable bonds is 1. The van der Waals surface area contributed by atoms with E-state index in [-0.39, 0.29) is 12.1 Å². The molecule has 3 rings (SSSR count). The maximum Gasteiger partial charge on any atom is 0.306 e. The van der Waals surface area contributed by atoms with Crippen LogP contribution in [-0.4, -0.2) is 12.1 Å². The summed E-state index contributed by atoms with van der Waals surface area (Å²) >= 11 is 0. The average molecular weight is 216 g/mol. The second kappa shape index (κ2) is 3.93. The summed E-state index contributed by atoms with van der Waals surface area (Å²) in [7, 11) is 0. The van der Waals surface area contributed by atoms with Crippen molar-refractivity contribution >= 4 is 5.97 Å². The topological polar surface area (TPSA) is 26.3 Å². The number of ether oxygens (including phenoxy) is 1. The highest BCUT2D eigenvalue weighted by molar-refractivity contribution is 5.71. The maximum absolute atomic E-state index is 11.2. The van der Waals surface area contributed by atoms with Crippen molar-refractivity contribution in [2.45, 2.75) is 44.1 Å². The molecule has 0 spiro atoms. The molecule has 1 heterocycles. The van der Waals surface area contributed by atoms with E-state index in [4.69, 9.17) is 4.74 Å². The van der Waals surface area contributed by atoms with Crippen molar-refractivity contribution in [2.24, 2.45) is 0 Å². The predicted octanol–water partition coefficient (Wildman–Crippen LogP) is 2.81. The zero-order valence-corrected chi connectivity index (χ0v) is 9.32. The molecular weight excluding hydrogens is 200 g/mol. The lowest BCUT2D eigenvalue weighted by atomic mass is 9.79. The van der Waals surface area contributed by atoms with Gasteiger partial charge in [0, 0.05) is 12.3 Å². The molecule has 1 aromatic rings. The van der Waals surface area contributed by atoms with Crippen molar-refractivity contribution in [3.8, 4) is 0 Å². The van der Waals surface area contributed by atoms with E-state index in [1.54, 1.807) is 0 Å². The normalized spacial score (nSPS) is 28.6. The van der Waals surface area contributed by atoms with Gasteiger partial charge in [0.2, 0.25) is 0 Å². The molecule has 2 nitrogen and oxygen atoms in total. The zero-order chi connectivity index (χ0) is 11.0. The molecule has 2 atom stereocenters. The highest BCUT2D eigenvalue weighted by Gasteiger charge is 2.34. The fraction of sp³-hybridized carbons (Fsp3) is 0.500. The van der Waals surface area contributed by atoms with E-state index in [0.29, 0.717) is 12.3 Å². The minimum absolute atomic E-state index is 0.0203. The first-order valence-electron chi connectivity index (χ1n) is 6.12. The van der Waals surface area contributed by atoms with Crippen LogP contribution in [0.1, 0.15) is 42.7 Å². The Labute approximate surface area is 95.6 Å². The van der Waals surface area contributed by atoms with E-state index in [0.717, 1.165) is 12.8 Å². The Morgan fingerprint density at radius 3 is 2.81 bits per heavy atom. The fourth-order valence-electron chi connectivity index (χ4n) is 3.01. The van der Waals surface area contributed by atoms with Gasteiger partial charge < -0.3 is 4.74 Å². The summed E-state index contributed by atoms with van der Waals surface area (Å²) in [6.45, 7) is 0. The number of aryl methyl sites for hydroxylation is 1. The van der Waals surface area contributed by atoms with Crippen LogP contribution in [0, 0.1) is 0 Å². The van der Waals surface area contributed by atoms with E-state index in [1.165, 1.54) is 24.0 Å². The van der Waals surface area contributed by atoms with Crippen molar-refractivity contribution in [3.05, 3.63) is 35.4 Å². The van der Waals surface area contributed by atoms with E-state index in [2.05, 4.69) is 24.3 Å². The molecule has 2 aliphatic rings. The standard InChI is InChI=1S/C14H16O2/c15-14-9-8-13(16-14)12-7-3-5-10-4-1-2-6-11(10)12/h1-2,4,6,12-13H,3,5,7-9H2. The predicted molar refractivity (Wildman–Crippen MR) is 61.2 cm³/mol. The number of fused-ring (bicyclic) bond motifs is 1. The summed E-state index contributed by atoms with van der Waals surface area (Å²) in [5.74, 6) is 0.421. The molecule has 2 unspecified atom stereocenters. The molecule has 0 bridgehead atoms. The van der Waals surface area contributed by atoms with Gasteiger partial charge in [-0.05, 0) is 36.8 Å². The van der Waals surface area contributed by atoms with Gasteiger partial charge in [-0.3, -0.25) is 4.79 Å². The summed E-state index contributed by atoms with van der Waals surface area (Å²) in [5, 5.41) is 0. The number of carbonyl (C=O) groups is 1. The quantitative estimate of drug-likeness (QED) is 0.675. The van der Waals surface area contributed by atoms with Gasteiger partial charge in [0.05, 0.1) is 0 Å². The van der Waals surface area contributed by atoms with Crippen molar-refractivity contribution in [1.29, 1.82) is 0 Å². The minimum atomic E-state index is -0.0203. The molecule has 1 fully saturated rings. The second-order valence-electron chi connectivity index (χ2n) is 4.76. The van der Waals surface area contributed by atoms with Crippen LogP contribution >= 0.6 is 0 Å². The third kappa shape index (κ3) is 1.62. The Morgan fingerprint density at radius 1 is 1.12 bits per heavy atom. The number of cyclic esters (lactones) is 1. The summed E-state index contributed by atoms with van der Waals surface area (Å²) in [4.78, 5) is 11.2. The van der Waals surface area contributed by atoms with E-state index in [9.17, 15) is 4.79 Å². The largest absolute Gasteiger partial charge is 0.462 e. The molecule has 0 amide bonds. The third-order valence-electron chi connectivity index (χ3n) is 3.78. The molecule has 1 saturated heterocycles. The molecule has 0 N–H and O–H groups in total. The lowest BCUT2D eigenvalue weighted by molar-refractivity contribution is -0.142. The lowest BCUT2D eigenvalue weighted by Gasteiger charge is -2.29. The van der Waals surface area contributed by atoms with Crippen LogP contribution in [0.25, 0.3) is 0 Å². The minimum Gasteiger partial charge on any atom is -0.462 e. The number of benzene rings is 1. The van der Waals surface area contributed by atoms with Gasteiger partial charge in [-0.25, -0.2) is 0 Å². The lowest BCUT2D eigenvalue weighted by Crippen LogP contribution is -2.22. The Balaban J connectivity index is 1.90. The van der Waals surface area contributed by atoms with Crippen LogP contribution in [0.5, 0.6) is 0 Å². The summed E-state index contributed by atoms with van der Waals surface area (Å²) in [6, 6.07) is 8.60. The smallest absolute Gasteiger partial charge is 0.306 e. The van der Waals surface area contributed by atoms with Crippen LogP contribution < -0.4 is 0 Å². The van der Waals surface area contributed by atoms with E-state index < -0.39 is 0 Å². The van der Waals surface area contributed by atoms with Gasteiger partial charge in [0.1, 0.15) is 6.10 Å². The first-order chi connectivity index (χ1) is 7.84. The number of hydrogen-bond acceptors (Lipinski definition) is 2. The van der Waals surface area contributed by atoms with Gasteiger partial charge in [0.15, 0.2) is 0 Å². The summed E-state index contributed by atoms with van der Waals surface area (Å²) in [5.41, 5.74) is 2.86. The summed E-state index contributed by atoms with van der Waals surface area (Å²) in [6.07, 6.45) is 5.19. The van der Waals surface area contributed by atoms with Gasteiger partial charge in [0.25, 0.3) is 0 Å². The SMILES string of the molecule is O=C1CCC(C2CCCc3ccccc32)O1. The second-order valence-corrected chi connectivity index (χ2v) is 4.76. The maximum atomic E-state index is 11.2. The molecule has 1 aliphatic carbocycles. The van der Waals surface area contributed by atoms with Crippen LogP contribution in [0.15, 0.2) is 24.3 Å². The molecule has 1 aromatic carbocycles. The number of esters is 1. The Hall–Kier alpha value is -1.31. The molecule has 2 heteroatoms. The molecule has 1 aliphatic heterocycles. The molecule has 0 aromatic heterocycles. The van der Waals surface area contributed by atoms with Crippen molar-refractivity contribution < 1.29 is 9.53 Å². The van der Waals surface area contributed by atoms with Gasteiger partial charge in [-0.15, -0.1) is 0 Å². The van der Waals surface area contributed by atoms with Gasteiger partial charge in [-0.2, -0.15) is 0 Å².